The molecule has 0 radical (unpaired) electrons. The second-order valence-corrected chi connectivity index (χ2v) is 7.96. The summed E-state index contributed by atoms with van der Waals surface area (Å²) in [4.78, 5) is 4.44. The van der Waals surface area contributed by atoms with E-state index in [1.165, 1.54) is 15.6 Å². The smallest absolute Gasteiger partial charge is 0.252 e. The highest BCUT2D eigenvalue weighted by molar-refractivity contribution is 7.91. The van der Waals surface area contributed by atoms with E-state index in [9.17, 15) is 8.42 Å². The van der Waals surface area contributed by atoms with Gasteiger partial charge in [0.25, 0.3) is 10.0 Å². The van der Waals surface area contributed by atoms with Crippen molar-refractivity contribution in [1.29, 1.82) is 0 Å². The molecule has 8 heteroatoms. The lowest BCUT2D eigenvalue weighted by atomic mass is 10.2. The summed E-state index contributed by atoms with van der Waals surface area (Å²) in [6.45, 7) is 1.00. The minimum absolute atomic E-state index is 0.278. The number of morpholine rings is 1. The fourth-order valence-corrected chi connectivity index (χ4v) is 4.90. The van der Waals surface area contributed by atoms with Crippen molar-refractivity contribution in [2.45, 2.75) is 10.3 Å². The average molecular weight is 339 g/mol. The highest BCUT2D eigenvalue weighted by Gasteiger charge is 2.32. The molecule has 6 nitrogen and oxygen atoms in total. The Morgan fingerprint density at radius 1 is 1.36 bits per heavy atom. The number of hydrogen-bond donors (Lipinski definition) is 1. The van der Waals surface area contributed by atoms with Crippen LogP contribution in [0.2, 0.25) is 0 Å². The third-order valence-corrected chi connectivity index (χ3v) is 6.71. The number of rotatable bonds is 4. The van der Waals surface area contributed by atoms with E-state index < -0.39 is 10.0 Å². The number of sulfonamides is 1. The van der Waals surface area contributed by atoms with Crippen molar-refractivity contribution in [2.24, 2.45) is 0 Å². The molecule has 0 unspecified atom stereocenters. The molecule has 1 fully saturated rings. The molecule has 1 N–H and O–H groups in total. The Balaban J connectivity index is 1.82. The maximum Gasteiger partial charge on any atom is 0.252 e. The van der Waals surface area contributed by atoms with Crippen LogP contribution in [0.5, 0.6) is 0 Å². The number of nitrogens with zero attached hydrogens (tertiary/aromatic N) is 2. The van der Waals surface area contributed by atoms with Crippen LogP contribution in [0.3, 0.4) is 0 Å². The Bertz CT molecular complexity index is 732. The van der Waals surface area contributed by atoms with Crippen LogP contribution in [0.1, 0.15) is 11.8 Å². The van der Waals surface area contributed by atoms with Gasteiger partial charge in [0.2, 0.25) is 0 Å². The molecule has 1 aliphatic heterocycles. The van der Waals surface area contributed by atoms with Crippen LogP contribution in [0.15, 0.2) is 39.9 Å². The molecule has 0 aromatic carbocycles. The van der Waals surface area contributed by atoms with Gasteiger partial charge in [-0.25, -0.2) is 13.4 Å². The summed E-state index contributed by atoms with van der Waals surface area (Å²) < 4.78 is 32.7. The topological polar surface area (TPSA) is 71.5 Å². The van der Waals surface area contributed by atoms with Gasteiger partial charge in [-0.1, -0.05) is 12.1 Å². The first kappa shape index (κ1) is 15.4. The molecule has 0 saturated carbocycles. The van der Waals surface area contributed by atoms with Gasteiger partial charge in [-0.05, 0) is 23.6 Å². The van der Waals surface area contributed by atoms with Crippen LogP contribution in [0.25, 0.3) is 0 Å². The van der Waals surface area contributed by atoms with Crippen LogP contribution >= 0.6 is 11.3 Å². The number of hydrogen-bond acceptors (Lipinski definition) is 6. The van der Waals surface area contributed by atoms with Gasteiger partial charge in [0.1, 0.15) is 16.1 Å². The second kappa shape index (κ2) is 6.33. The molecule has 0 aliphatic carbocycles. The molecule has 1 saturated heterocycles. The third kappa shape index (κ3) is 3.00. The number of pyridine rings is 1. The van der Waals surface area contributed by atoms with E-state index in [1.54, 1.807) is 24.6 Å². The maximum atomic E-state index is 12.6. The molecule has 0 amide bonds. The lowest BCUT2D eigenvalue weighted by molar-refractivity contribution is -0.00480. The second-order valence-electron chi connectivity index (χ2n) is 4.85. The van der Waals surface area contributed by atoms with Gasteiger partial charge in [0.15, 0.2) is 0 Å². The van der Waals surface area contributed by atoms with E-state index in [0.29, 0.717) is 17.4 Å². The molecule has 0 bridgehead atoms. The number of ether oxygens (including phenoxy) is 1. The van der Waals surface area contributed by atoms with E-state index in [4.69, 9.17) is 4.74 Å². The summed E-state index contributed by atoms with van der Waals surface area (Å²) in [5, 5.41) is 4.74. The normalized spacial score (nSPS) is 20.0. The monoisotopic (exact) mass is 339 g/mol. The largest absolute Gasteiger partial charge is 0.373 e. The summed E-state index contributed by atoms with van der Waals surface area (Å²) in [7, 11) is -1.65. The molecule has 2 aromatic rings. The molecule has 3 rings (SSSR count). The molecule has 3 heterocycles. The zero-order chi connectivity index (χ0) is 15.6. The van der Waals surface area contributed by atoms with Crippen LogP contribution in [-0.2, 0) is 14.8 Å². The summed E-state index contributed by atoms with van der Waals surface area (Å²) in [6, 6.07) is 8.96. The molecular weight excluding hydrogens is 322 g/mol. The lowest BCUT2D eigenvalue weighted by Crippen LogP contribution is -2.42. The van der Waals surface area contributed by atoms with Crippen LogP contribution < -0.4 is 5.32 Å². The van der Waals surface area contributed by atoms with E-state index in [2.05, 4.69) is 10.3 Å². The molecule has 1 aliphatic rings. The van der Waals surface area contributed by atoms with Crippen molar-refractivity contribution < 1.29 is 13.2 Å². The Labute approximate surface area is 133 Å². The summed E-state index contributed by atoms with van der Waals surface area (Å²) in [6.07, 6.45) is -0.350. The van der Waals surface area contributed by atoms with Crippen molar-refractivity contribution in [1.82, 2.24) is 9.29 Å². The average Bonchev–Trinajstić information content (AvgIpc) is 3.10. The van der Waals surface area contributed by atoms with E-state index >= 15 is 0 Å². The molecular formula is C14H17N3O3S2. The van der Waals surface area contributed by atoms with Gasteiger partial charge in [-0.3, -0.25) is 0 Å². The van der Waals surface area contributed by atoms with Crippen LogP contribution in [0.4, 0.5) is 5.82 Å². The molecule has 2 aromatic heterocycles. The Morgan fingerprint density at radius 3 is 2.95 bits per heavy atom. The standard InChI is InChI=1S/C14H17N3O3S2/c1-15-13-5-2-4-11(16-13)12-10-17(7-8-20-12)22(18,19)14-6-3-9-21-14/h2-6,9,12H,7-8,10H2,1H3,(H,15,16)/t12-/m1/s1. The van der Waals surface area contributed by atoms with Crippen molar-refractivity contribution in [3.63, 3.8) is 0 Å². The highest BCUT2D eigenvalue weighted by atomic mass is 32.2. The van der Waals surface area contributed by atoms with Crippen molar-refractivity contribution in [3.8, 4) is 0 Å². The molecule has 118 valence electrons. The van der Waals surface area contributed by atoms with Gasteiger partial charge < -0.3 is 10.1 Å². The fraction of sp³-hybridized carbons (Fsp3) is 0.357. The highest BCUT2D eigenvalue weighted by Crippen LogP contribution is 2.27. The SMILES string of the molecule is CNc1cccc([C@H]2CN(S(=O)(=O)c3cccs3)CCO2)n1. The van der Waals surface area contributed by atoms with Crippen LogP contribution in [0, 0.1) is 0 Å². The lowest BCUT2D eigenvalue weighted by Gasteiger charge is -2.31. The van der Waals surface area contributed by atoms with Gasteiger partial charge in [0.05, 0.1) is 12.3 Å². The minimum Gasteiger partial charge on any atom is -0.373 e. The Morgan fingerprint density at radius 2 is 2.23 bits per heavy atom. The summed E-state index contributed by atoms with van der Waals surface area (Å²) in [5.41, 5.74) is 0.734. The van der Waals surface area contributed by atoms with Gasteiger partial charge in [0, 0.05) is 20.1 Å². The van der Waals surface area contributed by atoms with Crippen molar-refractivity contribution in [2.75, 3.05) is 32.1 Å². The number of nitrogens with one attached hydrogen (secondary N) is 1. The number of anilines is 1. The summed E-state index contributed by atoms with van der Waals surface area (Å²) >= 11 is 1.23. The zero-order valence-electron chi connectivity index (χ0n) is 12.1. The minimum atomic E-state index is -3.45. The van der Waals surface area contributed by atoms with Gasteiger partial charge in [-0.15, -0.1) is 11.3 Å². The first-order valence-corrected chi connectivity index (χ1v) is 9.23. The Hall–Kier alpha value is -1.48. The summed E-state index contributed by atoms with van der Waals surface area (Å²) in [5.74, 6) is 0.735. The first-order valence-electron chi connectivity index (χ1n) is 6.91. The quantitative estimate of drug-likeness (QED) is 0.922. The Kier molecular flexibility index (Phi) is 4.44. The van der Waals surface area contributed by atoms with E-state index in [0.717, 1.165) is 11.5 Å². The predicted molar refractivity (Wildman–Crippen MR) is 85.6 cm³/mol. The molecule has 1 atom stereocenters. The molecule has 22 heavy (non-hydrogen) atoms. The number of aromatic nitrogens is 1. The van der Waals surface area contributed by atoms with Gasteiger partial charge in [-0.2, -0.15) is 4.31 Å². The maximum absolute atomic E-state index is 12.6. The fourth-order valence-electron chi connectivity index (χ4n) is 2.33. The van der Waals surface area contributed by atoms with Crippen LogP contribution in [-0.4, -0.2) is 44.5 Å². The third-order valence-electron chi connectivity index (χ3n) is 3.48. The zero-order valence-corrected chi connectivity index (χ0v) is 13.7. The van der Waals surface area contributed by atoms with E-state index in [-0.39, 0.29) is 12.6 Å². The van der Waals surface area contributed by atoms with E-state index in [1.807, 2.05) is 18.2 Å². The van der Waals surface area contributed by atoms with Crippen molar-refractivity contribution in [3.05, 3.63) is 41.4 Å². The van der Waals surface area contributed by atoms with Gasteiger partial charge >= 0.3 is 0 Å². The first-order chi connectivity index (χ1) is 10.6. The predicted octanol–water partition coefficient (Wildman–Crippen LogP) is 1.95. The molecule has 0 spiro atoms. The van der Waals surface area contributed by atoms with Crippen molar-refractivity contribution >= 4 is 27.2 Å². The number of thiophene rings is 1.